The highest BCUT2D eigenvalue weighted by Gasteiger charge is 2.13. The van der Waals surface area contributed by atoms with Crippen LogP contribution in [-0.2, 0) is 6.54 Å². The van der Waals surface area contributed by atoms with Crippen molar-refractivity contribution in [2.24, 2.45) is 0 Å². The van der Waals surface area contributed by atoms with Crippen molar-refractivity contribution in [1.82, 2.24) is 9.55 Å². The Kier molecular flexibility index (Phi) is 4.65. The van der Waals surface area contributed by atoms with Gasteiger partial charge in [-0.15, -0.1) is 0 Å². The van der Waals surface area contributed by atoms with E-state index in [0.717, 1.165) is 27.6 Å². The zero-order chi connectivity index (χ0) is 18.8. The molecule has 0 atom stereocenters. The molecule has 0 aliphatic rings. The van der Waals surface area contributed by atoms with Crippen LogP contribution < -0.4 is 10.3 Å². The molecule has 5 heteroatoms. The van der Waals surface area contributed by atoms with Crippen LogP contribution in [0.1, 0.15) is 5.56 Å². The Morgan fingerprint density at radius 3 is 2.52 bits per heavy atom. The van der Waals surface area contributed by atoms with Gasteiger partial charge in [0.2, 0.25) is 0 Å². The van der Waals surface area contributed by atoms with E-state index in [1.807, 2.05) is 66.7 Å². The summed E-state index contributed by atoms with van der Waals surface area (Å²) in [5, 5.41) is 2.31. The molecular formula is C22H17ClN2O2. The lowest BCUT2D eigenvalue weighted by Gasteiger charge is -2.11. The minimum absolute atomic E-state index is 0.174. The third-order valence-electron chi connectivity index (χ3n) is 4.50. The van der Waals surface area contributed by atoms with Crippen molar-refractivity contribution in [3.05, 3.63) is 94.0 Å². The Labute approximate surface area is 161 Å². The average Bonchev–Trinajstić information content (AvgIpc) is 2.70. The number of rotatable bonds is 4. The second-order valence-corrected chi connectivity index (χ2v) is 6.61. The molecule has 0 saturated heterocycles. The summed E-state index contributed by atoms with van der Waals surface area (Å²) in [6.07, 6.45) is 1.57. The Balaban J connectivity index is 1.82. The Morgan fingerprint density at radius 2 is 1.74 bits per heavy atom. The highest BCUT2D eigenvalue weighted by Crippen LogP contribution is 2.26. The van der Waals surface area contributed by atoms with Gasteiger partial charge in [0.1, 0.15) is 16.6 Å². The summed E-state index contributed by atoms with van der Waals surface area (Å²) in [7, 11) is 1.62. The summed E-state index contributed by atoms with van der Waals surface area (Å²) in [6.45, 7) is 0.406. The van der Waals surface area contributed by atoms with Crippen LogP contribution in [0.25, 0.3) is 22.0 Å². The normalized spacial score (nSPS) is 10.9. The number of nitrogens with zero attached hydrogens (tertiary/aromatic N) is 2. The lowest BCUT2D eigenvalue weighted by molar-refractivity contribution is 0.414. The molecule has 1 heterocycles. The van der Waals surface area contributed by atoms with E-state index in [-0.39, 0.29) is 10.7 Å². The predicted octanol–water partition coefficient (Wildman–Crippen LogP) is 4.77. The summed E-state index contributed by atoms with van der Waals surface area (Å²) < 4.78 is 6.77. The summed E-state index contributed by atoms with van der Waals surface area (Å²) in [4.78, 5) is 17.4. The number of benzene rings is 3. The molecular weight excluding hydrogens is 360 g/mol. The standard InChI is InChI=1S/C22H17ClN2O2/c1-27-17-11-9-15(10-12-17)13-25-14-20(23)24-21(22(25)26)19-8-4-6-16-5-2-3-7-18(16)19/h2-12,14H,13H2,1H3. The van der Waals surface area contributed by atoms with Gasteiger partial charge in [-0.05, 0) is 28.5 Å². The van der Waals surface area contributed by atoms with Crippen LogP contribution in [0, 0.1) is 0 Å². The highest BCUT2D eigenvalue weighted by molar-refractivity contribution is 6.29. The van der Waals surface area contributed by atoms with Gasteiger partial charge in [-0.1, -0.05) is 66.2 Å². The van der Waals surface area contributed by atoms with Gasteiger partial charge in [0.25, 0.3) is 5.56 Å². The molecule has 0 radical (unpaired) electrons. The molecule has 0 amide bonds. The van der Waals surface area contributed by atoms with Gasteiger partial charge >= 0.3 is 0 Å². The molecule has 0 unspecified atom stereocenters. The highest BCUT2D eigenvalue weighted by atomic mass is 35.5. The first kappa shape index (κ1) is 17.3. The zero-order valence-corrected chi connectivity index (χ0v) is 15.5. The van der Waals surface area contributed by atoms with Gasteiger partial charge in [0.05, 0.1) is 13.7 Å². The fraction of sp³-hybridized carbons (Fsp3) is 0.0909. The molecule has 0 saturated carbocycles. The molecule has 0 N–H and O–H groups in total. The number of hydrogen-bond acceptors (Lipinski definition) is 3. The lowest BCUT2D eigenvalue weighted by atomic mass is 10.0. The topological polar surface area (TPSA) is 44.1 Å². The second kappa shape index (κ2) is 7.25. The molecule has 0 fully saturated rings. The van der Waals surface area contributed by atoms with E-state index < -0.39 is 0 Å². The van der Waals surface area contributed by atoms with Crippen LogP contribution in [0.15, 0.2) is 77.7 Å². The van der Waals surface area contributed by atoms with Crippen LogP contribution in [-0.4, -0.2) is 16.7 Å². The quantitative estimate of drug-likeness (QED) is 0.515. The van der Waals surface area contributed by atoms with Crippen LogP contribution in [0.4, 0.5) is 0 Å². The van der Waals surface area contributed by atoms with E-state index in [0.29, 0.717) is 12.2 Å². The molecule has 134 valence electrons. The van der Waals surface area contributed by atoms with E-state index in [2.05, 4.69) is 4.98 Å². The second-order valence-electron chi connectivity index (χ2n) is 6.22. The minimum atomic E-state index is -0.174. The van der Waals surface area contributed by atoms with Crippen LogP contribution in [0.5, 0.6) is 5.75 Å². The van der Waals surface area contributed by atoms with Crippen molar-refractivity contribution >= 4 is 22.4 Å². The van der Waals surface area contributed by atoms with Gasteiger partial charge in [0.15, 0.2) is 0 Å². The maximum absolute atomic E-state index is 13.1. The first-order valence-electron chi connectivity index (χ1n) is 8.54. The van der Waals surface area contributed by atoms with E-state index in [1.54, 1.807) is 17.9 Å². The summed E-state index contributed by atoms with van der Waals surface area (Å²) in [6, 6.07) is 21.4. The third-order valence-corrected chi connectivity index (χ3v) is 4.68. The molecule has 0 aliphatic carbocycles. The summed E-state index contributed by atoms with van der Waals surface area (Å²) >= 11 is 6.25. The molecule has 1 aromatic heterocycles. The first-order chi connectivity index (χ1) is 13.2. The van der Waals surface area contributed by atoms with Crippen molar-refractivity contribution in [2.45, 2.75) is 6.54 Å². The number of ether oxygens (including phenoxy) is 1. The minimum Gasteiger partial charge on any atom is -0.497 e. The molecule has 27 heavy (non-hydrogen) atoms. The molecule has 4 aromatic rings. The maximum atomic E-state index is 13.1. The average molecular weight is 377 g/mol. The van der Waals surface area contributed by atoms with Gasteiger partial charge < -0.3 is 9.30 Å². The molecule has 0 spiro atoms. The van der Waals surface area contributed by atoms with Crippen LogP contribution in [0.2, 0.25) is 5.15 Å². The van der Waals surface area contributed by atoms with Gasteiger partial charge in [0, 0.05) is 11.8 Å². The third kappa shape index (κ3) is 3.44. The summed E-state index contributed by atoms with van der Waals surface area (Å²) in [5.41, 5.74) is 1.94. The molecule has 0 aliphatic heterocycles. The van der Waals surface area contributed by atoms with Crippen molar-refractivity contribution < 1.29 is 4.74 Å². The van der Waals surface area contributed by atoms with Gasteiger partial charge in [-0.3, -0.25) is 4.79 Å². The summed E-state index contributed by atoms with van der Waals surface area (Å²) in [5.74, 6) is 0.773. The molecule has 0 bridgehead atoms. The predicted molar refractivity (Wildman–Crippen MR) is 109 cm³/mol. The number of hydrogen-bond donors (Lipinski definition) is 0. The Morgan fingerprint density at radius 1 is 1.00 bits per heavy atom. The van der Waals surface area contributed by atoms with Crippen molar-refractivity contribution in [2.75, 3.05) is 7.11 Å². The van der Waals surface area contributed by atoms with Gasteiger partial charge in [-0.2, -0.15) is 0 Å². The number of fused-ring (bicyclic) bond motifs is 1. The Bertz CT molecular complexity index is 1160. The fourth-order valence-electron chi connectivity index (χ4n) is 3.16. The zero-order valence-electron chi connectivity index (χ0n) is 14.7. The lowest BCUT2D eigenvalue weighted by Crippen LogP contribution is -2.23. The van der Waals surface area contributed by atoms with Gasteiger partial charge in [-0.25, -0.2) is 4.98 Å². The van der Waals surface area contributed by atoms with E-state index in [1.165, 1.54) is 0 Å². The smallest absolute Gasteiger partial charge is 0.277 e. The largest absolute Gasteiger partial charge is 0.497 e. The SMILES string of the molecule is COc1ccc(Cn2cc(Cl)nc(-c3cccc4ccccc34)c2=O)cc1. The van der Waals surface area contributed by atoms with Crippen LogP contribution >= 0.6 is 11.6 Å². The van der Waals surface area contributed by atoms with E-state index >= 15 is 0 Å². The molecule has 4 nitrogen and oxygen atoms in total. The Hall–Kier alpha value is -3.11. The van der Waals surface area contributed by atoms with Crippen molar-refractivity contribution in [1.29, 1.82) is 0 Å². The fourth-order valence-corrected chi connectivity index (χ4v) is 3.36. The first-order valence-corrected chi connectivity index (χ1v) is 8.91. The molecule has 3 aromatic carbocycles. The monoisotopic (exact) mass is 376 g/mol. The van der Waals surface area contributed by atoms with Crippen molar-refractivity contribution in [3.8, 4) is 17.0 Å². The number of halogens is 1. The number of methoxy groups -OCH3 is 1. The number of aromatic nitrogens is 2. The van der Waals surface area contributed by atoms with Crippen LogP contribution in [0.3, 0.4) is 0 Å². The maximum Gasteiger partial charge on any atom is 0.277 e. The molecule has 4 rings (SSSR count). The van der Waals surface area contributed by atoms with E-state index in [9.17, 15) is 4.79 Å². The van der Waals surface area contributed by atoms with Crippen molar-refractivity contribution in [3.63, 3.8) is 0 Å². The van der Waals surface area contributed by atoms with E-state index in [4.69, 9.17) is 16.3 Å².